The Labute approximate surface area is 168 Å². The van der Waals surface area contributed by atoms with Crippen LogP contribution in [-0.4, -0.2) is 49.7 Å². The molecule has 0 saturated carbocycles. The summed E-state index contributed by atoms with van der Waals surface area (Å²) in [5, 5.41) is 9.80. The van der Waals surface area contributed by atoms with E-state index in [9.17, 15) is 26.7 Å². The molecule has 0 spiro atoms. The maximum absolute atomic E-state index is 13.0. The number of rotatable bonds is 4. The minimum Gasteiger partial charge on any atom is -0.376 e. The number of anilines is 1. The van der Waals surface area contributed by atoms with Gasteiger partial charge in [-0.15, -0.1) is 0 Å². The van der Waals surface area contributed by atoms with Crippen LogP contribution in [0.3, 0.4) is 0 Å². The lowest BCUT2D eigenvalue weighted by atomic mass is 9.95. The number of sulfonamides is 1. The smallest absolute Gasteiger partial charge is 0.376 e. The summed E-state index contributed by atoms with van der Waals surface area (Å²) in [4.78, 5) is 2.18. The van der Waals surface area contributed by atoms with Crippen molar-refractivity contribution in [2.24, 2.45) is 0 Å². The fraction of sp³-hybridized carbons (Fsp3) is 0.400. The number of hydrogen-bond donors (Lipinski definition) is 1. The molecule has 0 aromatic heterocycles. The summed E-state index contributed by atoms with van der Waals surface area (Å²) >= 11 is 0. The third-order valence-corrected chi connectivity index (χ3v) is 7.16. The SMILES string of the molecule is CC1CN(S(=O)(=O)c2ccccc2)CCN1c1ccc(C(C)(O)C(F)(F)F)cc1. The van der Waals surface area contributed by atoms with Crippen molar-refractivity contribution in [1.29, 1.82) is 0 Å². The van der Waals surface area contributed by atoms with E-state index in [0.29, 0.717) is 12.2 Å². The van der Waals surface area contributed by atoms with Gasteiger partial charge < -0.3 is 10.0 Å². The molecule has 1 heterocycles. The number of piperazine rings is 1. The van der Waals surface area contributed by atoms with Crippen molar-refractivity contribution in [3.63, 3.8) is 0 Å². The van der Waals surface area contributed by atoms with Crippen molar-refractivity contribution >= 4 is 15.7 Å². The summed E-state index contributed by atoms with van der Waals surface area (Å²) in [6.07, 6.45) is -4.78. The third kappa shape index (κ3) is 4.12. The standard InChI is InChI=1S/C20H23F3N2O3S/c1-15-14-24(29(27,28)18-6-4-3-5-7-18)12-13-25(15)17-10-8-16(9-11-17)19(2,26)20(21,22)23/h3-11,15,26H,12-14H2,1-2H3. The van der Waals surface area contributed by atoms with Crippen molar-refractivity contribution < 1.29 is 26.7 Å². The van der Waals surface area contributed by atoms with E-state index in [0.717, 1.165) is 6.92 Å². The van der Waals surface area contributed by atoms with Crippen LogP contribution in [0.5, 0.6) is 0 Å². The first kappa shape index (κ1) is 21.6. The van der Waals surface area contributed by atoms with E-state index >= 15 is 0 Å². The molecule has 1 aliphatic rings. The number of benzene rings is 2. The summed E-state index contributed by atoms with van der Waals surface area (Å²) < 4.78 is 66.0. The Balaban J connectivity index is 1.75. The molecule has 1 aliphatic heterocycles. The fourth-order valence-corrected chi connectivity index (χ4v) is 4.94. The van der Waals surface area contributed by atoms with E-state index in [4.69, 9.17) is 0 Å². The summed E-state index contributed by atoms with van der Waals surface area (Å²) in [7, 11) is -3.59. The van der Waals surface area contributed by atoms with Gasteiger partial charge in [0.1, 0.15) is 0 Å². The monoisotopic (exact) mass is 428 g/mol. The lowest BCUT2D eigenvalue weighted by molar-refractivity contribution is -0.258. The second-order valence-corrected chi connectivity index (χ2v) is 9.27. The van der Waals surface area contributed by atoms with Crippen LogP contribution in [0.15, 0.2) is 59.5 Å². The lowest BCUT2D eigenvalue weighted by Crippen LogP contribution is -2.53. The Bertz CT molecular complexity index is 945. The molecule has 1 N–H and O–H groups in total. The zero-order valence-electron chi connectivity index (χ0n) is 16.1. The van der Waals surface area contributed by atoms with Crippen LogP contribution in [-0.2, 0) is 15.6 Å². The van der Waals surface area contributed by atoms with Gasteiger partial charge in [-0.3, -0.25) is 0 Å². The van der Waals surface area contributed by atoms with E-state index in [2.05, 4.69) is 0 Å². The quantitative estimate of drug-likeness (QED) is 0.811. The zero-order chi connectivity index (χ0) is 21.4. The number of hydrogen-bond acceptors (Lipinski definition) is 4. The van der Waals surface area contributed by atoms with Gasteiger partial charge >= 0.3 is 6.18 Å². The maximum Gasteiger partial charge on any atom is 0.421 e. The summed E-state index contributed by atoms with van der Waals surface area (Å²) in [6, 6.07) is 13.6. The topological polar surface area (TPSA) is 60.9 Å². The van der Waals surface area contributed by atoms with Gasteiger partial charge in [-0.2, -0.15) is 17.5 Å². The summed E-state index contributed by atoms with van der Waals surface area (Å²) in [5.74, 6) is 0. The van der Waals surface area contributed by atoms with Gasteiger partial charge in [0, 0.05) is 31.4 Å². The molecule has 2 aromatic carbocycles. The Morgan fingerprint density at radius 3 is 2.10 bits per heavy atom. The maximum atomic E-state index is 13.0. The minimum absolute atomic E-state index is 0.170. The Hall–Kier alpha value is -2.10. The minimum atomic E-state index is -4.78. The molecule has 5 nitrogen and oxygen atoms in total. The molecular formula is C20H23F3N2O3S. The number of aliphatic hydroxyl groups is 1. The number of halogens is 3. The fourth-order valence-electron chi connectivity index (χ4n) is 3.41. The highest BCUT2D eigenvalue weighted by Gasteiger charge is 2.51. The van der Waals surface area contributed by atoms with Gasteiger partial charge in [0.15, 0.2) is 5.60 Å². The van der Waals surface area contributed by atoms with Crippen LogP contribution >= 0.6 is 0 Å². The molecule has 2 atom stereocenters. The van der Waals surface area contributed by atoms with E-state index < -0.39 is 21.8 Å². The van der Waals surface area contributed by atoms with Crippen LogP contribution in [0, 0.1) is 0 Å². The van der Waals surface area contributed by atoms with Crippen LogP contribution < -0.4 is 4.90 Å². The molecule has 3 rings (SSSR count). The van der Waals surface area contributed by atoms with Crippen molar-refractivity contribution in [3.8, 4) is 0 Å². The predicted molar refractivity (Wildman–Crippen MR) is 104 cm³/mol. The highest BCUT2D eigenvalue weighted by atomic mass is 32.2. The Kier molecular flexibility index (Phi) is 5.68. The molecule has 0 radical (unpaired) electrons. The molecule has 9 heteroatoms. The van der Waals surface area contributed by atoms with Crippen LogP contribution in [0.2, 0.25) is 0 Å². The normalized spacial score (nSPS) is 21.0. The van der Waals surface area contributed by atoms with Gasteiger partial charge in [-0.25, -0.2) is 8.42 Å². The van der Waals surface area contributed by atoms with E-state index in [1.807, 2.05) is 11.8 Å². The van der Waals surface area contributed by atoms with E-state index in [1.54, 1.807) is 30.3 Å². The van der Waals surface area contributed by atoms with Gasteiger partial charge in [-0.05, 0) is 43.7 Å². The second kappa shape index (κ2) is 7.62. The Morgan fingerprint density at radius 2 is 1.59 bits per heavy atom. The molecule has 1 saturated heterocycles. The molecule has 2 aromatic rings. The van der Waals surface area contributed by atoms with Crippen molar-refractivity contribution in [2.75, 3.05) is 24.5 Å². The van der Waals surface area contributed by atoms with E-state index in [-0.39, 0.29) is 29.6 Å². The zero-order valence-corrected chi connectivity index (χ0v) is 16.9. The first-order valence-corrected chi connectivity index (χ1v) is 10.6. The average molecular weight is 428 g/mol. The molecular weight excluding hydrogens is 405 g/mol. The summed E-state index contributed by atoms with van der Waals surface area (Å²) in [5.41, 5.74) is -2.50. The van der Waals surface area contributed by atoms with Gasteiger partial charge in [0.05, 0.1) is 4.90 Å². The predicted octanol–water partition coefficient (Wildman–Crippen LogP) is 3.36. The molecule has 158 valence electrons. The summed E-state index contributed by atoms with van der Waals surface area (Å²) in [6.45, 7) is 3.52. The van der Waals surface area contributed by atoms with E-state index in [1.165, 1.54) is 28.6 Å². The van der Waals surface area contributed by atoms with Crippen molar-refractivity contribution in [2.45, 2.75) is 36.6 Å². The van der Waals surface area contributed by atoms with Crippen LogP contribution in [0.4, 0.5) is 18.9 Å². The van der Waals surface area contributed by atoms with Gasteiger partial charge in [0.2, 0.25) is 10.0 Å². The number of alkyl halides is 3. The average Bonchev–Trinajstić information content (AvgIpc) is 2.68. The first-order chi connectivity index (χ1) is 13.4. The first-order valence-electron chi connectivity index (χ1n) is 9.16. The van der Waals surface area contributed by atoms with Crippen LogP contribution in [0.25, 0.3) is 0 Å². The largest absolute Gasteiger partial charge is 0.421 e. The van der Waals surface area contributed by atoms with Gasteiger partial charge in [0.25, 0.3) is 0 Å². The highest BCUT2D eigenvalue weighted by Crippen LogP contribution is 2.39. The molecule has 29 heavy (non-hydrogen) atoms. The second-order valence-electron chi connectivity index (χ2n) is 7.34. The lowest BCUT2D eigenvalue weighted by Gasteiger charge is -2.40. The molecule has 2 unspecified atom stereocenters. The molecule has 0 bridgehead atoms. The van der Waals surface area contributed by atoms with Crippen molar-refractivity contribution in [3.05, 3.63) is 60.2 Å². The van der Waals surface area contributed by atoms with Crippen molar-refractivity contribution in [1.82, 2.24) is 4.31 Å². The third-order valence-electron chi connectivity index (χ3n) is 5.28. The molecule has 1 fully saturated rings. The molecule has 0 aliphatic carbocycles. The van der Waals surface area contributed by atoms with Gasteiger partial charge in [-0.1, -0.05) is 30.3 Å². The highest BCUT2D eigenvalue weighted by molar-refractivity contribution is 7.89. The Morgan fingerprint density at radius 1 is 1.00 bits per heavy atom. The molecule has 0 amide bonds. The number of nitrogens with zero attached hydrogens (tertiary/aromatic N) is 2. The van der Waals surface area contributed by atoms with Crippen LogP contribution in [0.1, 0.15) is 19.4 Å².